The Morgan fingerprint density at radius 3 is 2.38 bits per heavy atom. The predicted octanol–water partition coefficient (Wildman–Crippen LogP) is 5.09. The molecule has 6 nitrogen and oxygen atoms in total. The van der Waals surface area contributed by atoms with Gasteiger partial charge in [0.15, 0.2) is 23.2 Å². The molecule has 0 fully saturated rings. The normalized spacial score (nSPS) is 11.4. The quantitative estimate of drug-likeness (QED) is 0.445. The van der Waals surface area contributed by atoms with Gasteiger partial charge < -0.3 is 14.2 Å². The number of rotatable bonds is 7. The Bertz CT molecular complexity index is 1090. The second-order valence-corrected chi connectivity index (χ2v) is 7.66. The summed E-state index contributed by atoms with van der Waals surface area (Å²) in [4.78, 5) is 17.4. The van der Waals surface area contributed by atoms with Crippen molar-refractivity contribution >= 4 is 33.0 Å². The lowest BCUT2D eigenvalue weighted by molar-refractivity contribution is 0.0978. The fourth-order valence-corrected chi connectivity index (χ4v) is 4.17. The van der Waals surface area contributed by atoms with Gasteiger partial charge in [-0.3, -0.25) is 4.79 Å². The monoisotopic (exact) mass is 472 g/mol. The molecule has 1 aromatic heterocycles. The third-order valence-electron chi connectivity index (χ3n) is 4.28. The predicted molar refractivity (Wildman–Crippen MR) is 114 cm³/mol. The number of carbonyl (C=O) groups excluding carboxylic acids is 1. The maximum Gasteiger partial charge on any atom is 0.186 e. The van der Waals surface area contributed by atoms with Crippen LogP contribution in [0.25, 0.3) is 11.3 Å². The molecule has 0 saturated heterocycles. The number of ketones is 1. The van der Waals surface area contributed by atoms with E-state index in [2.05, 4.69) is 27.0 Å². The van der Waals surface area contributed by atoms with Crippen molar-refractivity contribution in [2.75, 3.05) is 21.3 Å². The standard InChI is InChI=1S/C21H17BrN2O4S/c1-26-17-6-5-13(8-15(17)22)20(25)14(10-23)21-24-16(11-29-21)12-4-7-18(27-2)19(9-12)28-3/h4-9,11,14H,1-3H3. The topological polar surface area (TPSA) is 81.4 Å². The first-order chi connectivity index (χ1) is 14.0. The lowest BCUT2D eigenvalue weighted by Gasteiger charge is -2.09. The van der Waals surface area contributed by atoms with Crippen molar-refractivity contribution in [1.29, 1.82) is 5.26 Å². The van der Waals surface area contributed by atoms with Gasteiger partial charge in [-0.1, -0.05) is 0 Å². The highest BCUT2D eigenvalue weighted by molar-refractivity contribution is 9.10. The van der Waals surface area contributed by atoms with E-state index in [4.69, 9.17) is 14.2 Å². The Hall–Kier alpha value is -2.89. The zero-order valence-corrected chi connectivity index (χ0v) is 18.3. The number of nitrogens with zero attached hydrogens (tertiary/aromatic N) is 2. The van der Waals surface area contributed by atoms with Gasteiger partial charge in [0.25, 0.3) is 0 Å². The van der Waals surface area contributed by atoms with Gasteiger partial charge in [0.2, 0.25) is 0 Å². The molecule has 0 aliphatic heterocycles. The van der Waals surface area contributed by atoms with Crippen molar-refractivity contribution in [1.82, 2.24) is 4.98 Å². The molecule has 0 aliphatic carbocycles. The second kappa shape index (κ2) is 9.07. The number of hydrogen-bond donors (Lipinski definition) is 0. The van der Waals surface area contributed by atoms with Crippen LogP contribution in [-0.2, 0) is 0 Å². The van der Waals surface area contributed by atoms with Gasteiger partial charge in [-0.2, -0.15) is 5.26 Å². The summed E-state index contributed by atoms with van der Waals surface area (Å²) in [6, 6.07) is 12.5. The Morgan fingerprint density at radius 2 is 1.76 bits per heavy atom. The zero-order chi connectivity index (χ0) is 21.0. The smallest absolute Gasteiger partial charge is 0.186 e. The fraction of sp³-hybridized carbons (Fsp3) is 0.190. The van der Waals surface area contributed by atoms with Crippen LogP contribution in [0.3, 0.4) is 0 Å². The molecule has 8 heteroatoms. The van der Waals surface area contributed by atoms with E-state index < -0.39 is 5.92 Å². The highest BCUT2D eigenvalue weighted by Crippen LogP contribution is 2.35. The Kier molecular flexibility index (Phi) is 6.52. The Balaban J connectivity index is 1.91. The maximum absolute atomic E-state index is 12.9. The molecular weight excluding hydrogens is 456 g/mol. The minimum Gasteiger partial charge on any atom is -0.496 e. The fourth-order valence-electron chi connectivity index (χ4n) is 2.76. The summed E-state index contributed by atoms with van der Waals surface area (Å²) in [5, 5.41) is 11.9. The molecule has 29 heavy (non-hydrogen) atoms. The molecule has 1 atom stereocenters. The van der Waals surface area contributed by atoms with Crippen LogP contribution in [0.5, 0.6) is 17.2 Å². The van der Waals surface area contributed by atoms with Crippen molar-refractivity contribution in [2.24, 2.45) is 0 Å². The lowest BCUT2D eigenvalue weighted by atomic mass is 9.99. The second-order valence-electron chi connectivity index (χ2n) is 5.92. The number of nitriles is 1. The highest BCUT2D eigenvalue weighted by atomic mass is 79.9. The summed E-state index contributed by atoms with van der Waals surface area (Å²) in [6.07, 6.45) is 0. The van der Waals surface area contributed by atoms with Crippen LogP contribution in [0.15, 0.2) is 46.3 Å². The summed E-state index contributed by atoms with van der Waals surface area (Å²) in [5.74, 6) is 0.496. The third-order valence-corrected chi connectivity index (χ3v) is 5.81. The first kappa shape index (κ1) is 20.8. The van der Waals surface area contributed by atoms with Gasteiger partial charge in [0.05, 0.1) is 37.6 Å². The van der Waals surface area contributed by atoms with Crippen molar-refractivity contribution in [3.8, 4) is 34.6 Å². The van der Waals surface area contributed by atoms with E-state index in [9.17, 15) is 10.1 Å². The van der Waals surface area contributed by atoms with E-state index in [0.29, 0.717) is 38.0 Å². The summed E-state index contributed by atoms with van der Waals surface area (Å²) in [6.45, 7) is 0. The SMILES string of the molecule is COc1ccc(C(=O)C(C#N)c2nc(-c3ccc(OC)c(OC)c3)cs2)cc1Br. The number of thiazole rings is 1. The van der Waals surface area contributed by atoms with Gasteiger partial charge in [0.1, 0.15) is 10.8 Å². The number of methoxy groups -OCH3 is 3. The van der Waals surface area contributed by atoms with Crippen molar-refractivity contribution < 1.29 is 19.0 Å². The number of halogens is 1. The van der Waals surface area contributed by atoms with Crippen LogP contribution in [-0.4, -0.2) is 32.1 Å². The summed E-state index contributed by atoms with van der Waals surface area (Å²) in [5.41, 5.74) is 1.88. The minimum atomic E-state index is -0.991. The van der Waals surface area contributed by atoms with Crippen LogP contribution in [0.1, 0.15) is 21.3 Å². The number of Topliss-reactive ketones (excluding diaryl/α,β-unsaturated/α-hetero) is 1. The first-order valence-corrected chi connectivity index (χ1v) is 10.1. The molecule has 0 N–H and O–H groups in total. The van der Waals surface area contributed by atoms with Gasteiger partial charge in [-0.25, -0.2) is 4.98 Å². The Morgan fingerprint density at radius 1 is 1.07 bits per heavy atom. The average molecular weight is 473 g/mol. The molecule has 0 amide bonds. The van der Waals surface area contributed by atoms with Crippen molar-refractivity contribution in [3.63, 3.8) is 0 Å². The summed E-state index contributed by atoms with van der Waals surface area (Å²) in [7, 11) is 4.68. The van der Waals surface area contributed by atoms with E-state index in [0.717, 1.165) is 5.56 Å². The molecule has 0 aliphatic rings. The molecule has 1 unspecified atom stereocenters. The van der Waals surface area contributed by atoms with E-state index in [1.807, 2.05) is 11.4 Å². The average Bonchev–Trinajstić information content (AvgIpc) is 3.23. The van der Waals surface area contributed by atoms with Crippen LogP contribution in [0.4, 0.5) is 0 Å². The number of benzene rings is 2. The van der Waals surface area contributed by atoms with E-state index in [1.165, 1.54) is 11.3 Å². The first-order valence-electron chi connectivity index (χ1n) is 8.47. The molecule has 0 radical (unpaired) electrons. The maximum atomic E-state index is 12.9. The number of carbonyl (C=O) groups is 1. The van der Waals surface area contributed by atoms with Crippen LogP contribution in [0, 0.1) is 11.3 Å². The number of aromatic nitrogens is 1. The largest absolute Gasteiger partial charge is 0.496 e. The minimum absolute atomic E-state index is 0.316. The summed E-state index contributed by atoms with van der Waals surface area (Å²) >= 11 is 4.64. The summed E-state index contributed by atoms with van der Waals surface area (Å²) < 4.78 is 16.4. The zero-order valence-electron chi connectivity index (χ0n) is 15.9. The van der Waals surface area contributed by atoms with E-state index >= 15 is 0 Å². The molecule has 0 spiro atoms. The van der Waals surface area contributed by atoms with Gasteiger partial charge in [-0.05, 0) is 52.3 Å². The molecular formula is C21H17BrN2O4S. The number of ether oxygens (including phenoxy) is 3. The molecule has 0 saturated carbocycles. The van der Waals surface area contributed by atoms with Crippen molar-refractivity contribution in [3.05, 3.63) is 56.8 Å². The molecule has 2 aromatic carbocycles. The molecule has 1 heterocycles. The van der Waals surface area contributed by atoms with E-state index in [-0.39, 0.29) is 5.78 Å². The highest BCUT2D eigenvalue weighted by Gasteiger charge is 2.26. The van der Waals surface area contributed by atoms with Gasteiger partial charge in [-0.15, -0.1) is 11.3 Å². The lowest BCUT2D eigenvalue weighted by Crippen LogP contribution is -2.11. The van der Waals surface area contributed by atoms with Gasteiger partial charge in [0, 0.05) is 16.5 Å². The molecule has 3 rings (SSSR count). The number of hydrogen-bond acceptors (Lipinski definition) is 7. The van der Waals surface area contributed by atoms with Crippen molar-refractivity contribution in [2.45, 2.75) is 5.92 Å². The van der Waals surface area contributed by atoms with Gasteiger partial charge >= 0.3 is 0 Å². The molecule has 3 aromatic rings. The van der Waals surface area contributed by atoms with Crippen LogP contribution >= 0.6 is 27.3 Å². The molecule has 0 bridgehead atoms. The third kappa shape index (κ3) is 4.26. The Labute approximate surface area is 180 Å². The van der Waals surface area contributed by atoms with Crippen LogP contribution < -0.4 is 14.2 Å². The van der Waals surface area contributed by atoms with Crippen LogP contribution in [0.2, 0.25) is 0 Å². The molecule has 148 valence electrons. The van der Waals surface area contributed by atoms with E-state index in [1.54, 1.807) is 51.7 Å².